The Morgan fingerprint density at radius 1 is 1.32 bits per heavy atom. The highest BCUT2D eigenvalue weighted by atomic mass is 127. The van der Waals surface area contributed by atoms with E-state index in [1.54, 1.807) is 0 Å². The minimum atomic E-state index is 0. The summed E-state index contributed by atoms with van der Waals surface area (Å²) in [5.74, 6) is 2.63. The predicted molar refractivity (Wildman–Crippen MR) is 101 cm³/mol. The number of aliphatic imine (C=N–C) groups is 1. The van der Waals surface area contributed by atoms with Gasteiger partial charge in [-0.3, -0.25) is 4.99 Å². The van der Waals surface area contributed by atoms with Crippen molar-refractivity contribution in [3.63, 3.8) is 0 Å². The molecule has 124 valence electrons. The van der Waals surface area contributed by atoms with Gasteiger partial charge < -0.3 is 19.7 Å². The van der Waals surface area contributed by atoms with Crippen molar-refractivity contribution >= 4 is 29.9 Å². The normalized spacial score (nSPS) is 12.8. The van der Waals surface area contributed by atoms with Crippen molar-refractivity contribution in [1.82, 2.24) is 10.2 Å². The number of nitrogens with one attached hydrogen (secondary N) is 1. The van der Waals surface area contributed by atoms with Gasteiger partial charge in [0.05, 0.1) is 0 Å². The van der Waals surface area contributed by atoms with Crippen molar-refractivity contribution in [2.45, 2.75) is 26.2 Å². The van der Waals surface area contributed by atoms with E-state index in [1.807, 2.05) is 19.2 Å². The maximum Gasteiger partial charge on any atom is 0.231 e. The van der Waals surface area contributed by atoms with Crippen LogP contribution < -0.4 is 14.8 Å². The molecule has 1 aromatic rings. The third-order valence-corrected chi connectivity index (χ3v) is 3.55. The van der Waals surface area contributed by atoms with Gasteiger partial charge in [-0.15, -0.1) is 24.0 Å². The van der Waals surface area contributed by atoms with Crippen LogP contribution in [0.4, 0.5) is 0 Å². The van der Waals surface area contributed by atoms with Gasteiger partial charge in [0.15, 0.2) is 17.5 Å². The highest BCUT2D eigenvalue weighted by Gasteiger charge is 2.13. The van der Waals surface area contributed by atoms with Gasteiger partial charge in [-0.25, -0.2) is 0 Å². The van der Waals surface area contributed by atoms with Crippen molar-refractivity contribution in [1.29, 1.82) is 0 Å². The average molecular weight is 419 g/mol. The summed E-state index contributed by atoms with van der Waals surface area (Å²) >= 11 is 0. The molecule has 0 unspecified atom stereocenters. The maximum absolute atomic E-state index is 5.40. The summed E-state index contributed by atoms with van der Waals surface area (Å²) < 4.78 is 10.7. The first-order valence-corrected chi connectivity index (χ1v) is 7.55. The first-order chi connectivity index (χ1) is 10.2. The Balaban J connectivity index is 0.00000242. The molecule has 0 saturated heterocycles. The first kappa shape index (κ1) is 18.9. The smallest absolute Gasteiger partial charge is 0.231 e. The molecule has 2 rings (SSSR count). The van der Waals surface area contributed by atoms with Gasteiger partial charge in [-0.05, 0) is 30.5 Å². The van der Waals surface area contributed by atoms with Gasteiger partial charge in [-0.1, -0.05) is 19.4 Å². The summed E-state index contributed by atoms with van der Waals surface area (Å²) in [6, 6.07) is 6.10. The summed E-state index contributed by atoms with van der Waals surface area (Å²) in [6.07, 6.45) is 3.30. The van der Waals surface area contributed by atoms with Crippen molar-refractivity contribution in [3.05, 3.63) is 23.8 Å². The van der Waals surface area contributed by atoms with Crippen LogP contribution >= 0.6 is 24.0 Å². The van der Waals surface area contributed by atoms with Crippen LogP contribution in [0.2, 0.25) is 0 Å². The second-order valence-corrected chi connectivity index (χ2v) is 5.19. The number of hydrogen-bond donors (Lipinski definition) is 1. The third-order valence-electron chi connectivity index (χ3n) is 3.55. The van der Waals surface area contributed by atoms with Crippen LogP contribution in [-0.4, -0.2) is 44.8 Å². The molecule has 1 heterocycles. The molecule has 1 aromatic carbocycles. The number of fused-ring (bicyclic) bond motifs is 1. The summed E-state index contributed by atoms with van der Waals surface area (Å²) in [4.78, 5) is 6.49. The van der Waals surface area contributed by atoms with Crippen LogP contribution in [0.15, 0.2) is 23.2 Å². The molecule has 0 aromatic heterocycles. The number of halogens is 1. The Morgan fingerprint density at radius 3 is 2.82 bits per heavy atom. The molecular formula is C16H26IN3O2. The van der Waals surface area contributed by atoms with Crippen molar-refractivity contribution in [3.8, 4) is 11.5 Å². The molecule has 0 spiro atoms. The molecule has 22 heavy (non-hydrogen) atoms. The molecule has 1 N–H and O–H groups in total. The molecule has 1 aliphatic rings. The molecule has 6 heteroatoms. The Kier molecular flexibility index (Phi) is 8.37. The lowest BCUT2D eigenvalue weighted by molar-refractivity contribution is 0.174. The van der Waals surface area contributed by atoms with Gasteiger partial charge in [0.25, 0.3) is 0 Å². The molecule has 5 nitrogen and oxygen atoms in total. The molecule has 0 atom stereocenters. The van der Waals surface area contributed by atoms with E-state index in [1.165, 1.54) is 18.4 Å². The van der Waals surface area contributed by atoms with E-state index in [2.05, 4.69) is 35.2 Å². The lowest BCUT2D eigenvalue weighted by Crippen LogP contribution is -2.40. The maximum atomic E-state index is 5.40. The summed E-state index contributed by atoms with van der Waals surface area (Å²) in [5.41, 5.74) is 1.23. The SMILES string of the molecule is CCCCN(C)C(=NC)NCCc1ccc2c(c1)OCO2.I. The highest BCUT2D eigenvalue weighted by molar-refractivity contribution is 14.0. The number of benzene rings is 1. The third kappa shape index (κ3) is 5.23. The van der Waals surface area contributed by atoms with Crippen LogP contribution in [-0.2, 0) is 6.42 Å². The average Bonchev–Trinajstić information content (AvgIpc) is 2.96. The highest BCUT2D eigenvalue weighted by Crippen LogP contribution is 2.32. The number of unbranched alkanes of at least 4 members (excludes halogenated alkanes) is 1. The van der Waals surface area contributed by atoms with E-state index in [0.29, 0.717) is 6.79 Å². The Bertz CT molecular complexity index is 494. The van der Waals surface area contributed by atoms with Gasteiger partial charge in [-0.2, -0.15) is 0 Å². The lowest BCUT2D eigenvalue weighted by atomic mass is 10.1. The molecule has 0 bridgehead atoms. The molecule has 1 aliphatic heterocycles. The summed E-state index contributed by atoms with van der Waals surface area (Å²) in [7, 11) is 3.90. The minimum Gasteiger partial charge on any atom is -0.454 e. The fraction of sp³-hybridized carbons (Fsp3) is 0.562. The number of hydrogen-bond acceptors (Lipinski definition) is 3. The summed E-state index contributed by atoms with van der Waals surface area (Å²) in [5, 5.41) is 3.40. The fourth-order valence-electron chi connectivity index (χ4n) is 2.30. The molecule has 0 radical (unpaired) electrons. The lowest BCUT2D eigenvalue weighted by Gasteiger charge is -2.21. The van der Waals surface area contributed by atoms with Crippen molar-refractivity contribution < 1.29 is 9.47 Å². The summed E-state index contributed by atoms with van der Waals surface area (Å²) in [6.45, 7) is 4.40. The van der Waals surface area contributed by atoms with E-state index in [-0.39, 0.29) is 24.0 Å². The van der Waals surface area contributed by atoms with E-state index < -0.39 is 0 Å². The minimum absolute atomic E-state index is 0. The molecule has 0 saturated carbocycles. The standard InChI is InChI=1S/C16H25N3O2.HI/c1-4-5-10-19(3)16(17-2)18-9-8-13-6-7-14-15(11-13)21-12-20-14;/h6-7,11H,4-5,8-10,12H2,1-3H3,(H,17,18);1H. The second-order valence-electron chi connectivity index (χ2n) is 5.19. The van der Waals surface area contributed by atoms with Crippen LogP contribution in [0.5, 0.6) is 11.5 Å². The first-order valence-electron chi connectivity index (χ1n) is 7.55. The Hall–Kier alpha value is -1.18. The number of nitrogens with zero attached hydrogens (tertiary/aromatic N) is 2. The van der Waals surface area contributed by atoms with Crippen LogP contribution in [0.25, 0.3) is 0 Å². The fourth-order valence-corrected chi connectivity index (χ4v) is 2.30. The van der Waals surface area contributed by atoms with E-state index in [4.69, 9.17) is 9.47 Å². The van der Waals surface area contributed by atoms with Gasteiger partial charge in [0.2, 0.25) is 6.79 Å². The van der Waals surface area contributed by atoms with Gasteiger partial charge in [0.1, 0.15) is 0 Å². The number of ether oxygens (including phenoxy) is 2. The number of guanidine groups is 1. The molecule has 0 aliphatic carbocycles. The van der Waals surface area contributed by atoms with Crippen LogP contribution in [0.1, 0.15) is 25.3 Å². The molecule has 0 fully saturated rings. The topological polar surface area (TPSA) is 46.1 Å². The van der Waals surface area contributed by atoms with Crippen molar-refractivity contribution in [2.75, 3.05) is 34.0 Å². The zero-order valence-corrected chi connectivity index (χ0v) is 15.9. The number of rotatable bonds is 6. The molecular weight excluding hydrogens is 393 g/mol. The van der Waals surface area contributed by atoms with E-state index in [0.717, 1.165) is 37.0 Å². The predicted octanol–water partition coefficient (Wildman–Crippen LogP) is 2.88. The zero-order valence-electron chi connectivity index (χ0n) is 13.6. The van der Waals surface area contributed by atoms with Crippen LogP contribution in [0.3, 0.4) is 0 Å². The van der Waals surface area contributed by atoms with Crippen LogP contribution in [0, 0.1) is 0 Å². The van der Waals surface area contributed by atoms with E-state index >= 15 is 0 Å². The van der Waals surface area contributed by atoms with E-state index in [9.17, 15) is 0 Å². The largest absolute Gasteiger partial charge is 0.454 e. The zero-order chi connectivity index (χ0) is 15.1. The monoisotopic (exact) mass is 419 g/mol. The second kappa shape index (κ2) is 9.76. The molecule has 0 amide bonds. The Morgan fingerprint density at radius 2 is 2.09 bits per heavy atom. The van der Waals surface area contributed by atoms with Gasteiger partial charge in [0, 0.05) is 27.2 Å². The quantitative estimate of drug-likeness (QED) is 0.438. The van der Waals surface area contributed by atoms with Gasteiger partial charge >= 0.3 is 0 Å². The Labute approximate surface area is 150 Å². The van der Waals surface area contributed by atoms with Crippen molar-refractivity contribution in [2.24, 2.45) is 4.99 Å².